The number of benzene rings is 2. The second kappa shape index (κ2) is 7.97. The van der Waals surface area contributed by atoms with Crippen molar-refractivity contribution in [2.75, 3.05) is 43.8 Å². The van der Waals surface area contributed by atoms with Crippen molar-refractivity contribution in [2.45, 2.75) is 26.2 Å². The molecule has 154 valence electrons. The molecule has 0 aromatic heterocycles. The molecule has 0 N–H and O–H groups in total. The summed E-state index contributed by atoms with van der Waals surface area (Å²) in [6.45, 7) is 4.57. The number of carbonyl (C=O) groups excluding carboxylic acids is 1. The summed E-state index contributed by atoms with van der Waals surface area (Å²) in [6, 6.07) is 16.3. The molecular weight excluding hydrogens is 364 g/mol. The SMILES string of the molecule is COc1ccc(N2CN(c3ccc(OC)cc3)CC3(CC(C)CCC3=O)C2)cc1. The maximum atomic E-state index is 13.2. The summed E-state index contributed by atoms with van der Waals surface area (Å²) >= 11 is 0. The van der Waals surface area contributed by atoms with Gasteiger partial charge in [-0.1, -0.05) is 6.92 Å². The summed E-state index contributed by atoms with van der Waals surface area (Å²) in [5.41, 5.74) is 1.92. The number of carbonyl (C=O) groups is 1. The number of ketones is 1. The Kier molecular flexibility index (Phi) is 5.39. The van der Waals surface area contributed by atoms with Crippen molar-refractivity contribution in [2.24, 2.45) is 11.3 Å². The molecule has 0 amide bonds. The lowest BCUT2D eigenvalue weighted by atomic mass is 9.67. The molecule has 1 atom stereocenters. The van der Waals surface area contributed by atoms with Crippen LogP contribution in [0.2, 0.25) is 0 Å². The number of Topliss-reactive ketones (excluding diaryl/α,β-unsaturated/α-hetero) is 1. The molecule has 0 radical (unpaired) electrons. The predicted octanol–water partition coefficient (Wildman–Crippen LogP) is 4.36. The van der Waals surface area contributed by atoms with Gasteiger partial charge in [-0.2, -0.15) is 0 Å². The molecule has 1 spiro atoms. The van der Waals surface area contributed by atoms with Crippen LogP contribution in [0.1, 0.15) is 26.2 Å². The Bertz CT molecular complexity index is 792. The first-order valence-corrected chi connectivity index (χ1v) is 10.3. The smallest absolute Gasteiger partial charge is 0.142 e. The lowest BCUT2D eigenvalue weighted by Gasteiger charge is -2.51. The third-order valence-corrected chi connectivity index (χ3v) is 6.40. The molecule has 29 heavy (non-hydrogen) atoms. The van der Waals surface area contributed by atoms with Crippen molar-refractivity contribution in [3.8, 4) is 11.5 Å². The summed E-state index contributed by atoms with van der Waals surface area (Å²) < 4.78 is 10.6. The molecule has 5 heteroatoms. The molecular formula is C24H30N2O3. The molecule has 1 heterocycles. The van der Waals surface area contributed by atoms with Crippen LogP contribution in [-0.2, 0) is 4.79 Å². The Morgan fingerprint density at radius 2 is 1.34 bits per heavy atom. The monoisotopic (exact) mass is 394 g/mol. The van der Waals surface area contributed by atoms with Crippen LogP contribution in [-0.4, -0.2) is 39.8 Å². The molecule has 4 rings (SSSR count). The van der Waals surface area contributed by atoms with E-state index in [1.54, 1.807) is 14.2 Å². The predicted molar refractivity (Wildman–Crippen MR) is 116 cm³/mol. The van der Waals surface area contributed by atoms with Gasteiger partial charge in [0.15, 0.2) is 0 Å². The van der Waals surface area contributed by atoms with Gasteiger partial charge in [0.25, 0.3) is 0 Å². The van der Waals surface area contributed by atoms with E-state index in [1.165, 1.54) is 0 Å². The Morgan fingerprint density at radius 1 is 0.862 bits per heavy atom. The first-order valence-electron chi connectivity index (χ1n) is 10.3. The summed E-state index contributed by atoms with van der Waals surface area (Å²) in [5, 5.41) is 0. The second-order valence-electron chi connectivity index (χ2n) is 8.48. The van der Waals surface area contributed by atoms with Crippen LogP contribution in [0.15, 0.2) is 48.5 Å². The van der Waals surface area contributed by atoms with Crippen LogP contribution in [0, 0.1) is 11.3 Å². The number of rotatable bonds is 4. The van der Waals surface area contributed by atoms with E-state index in [0.29, 0.717) is 18.1 Å². The standard InChI is InChI=1S/C24H30N2O3/c1-18-4-13-23(27)24(14-18)15-25(19-5-9-21(28-2)10-6-19)17-26(16-24)20-7-11-22(29-3)12-8-20/h5-12,18H,4,13-17H2,1-3H3. The fourth-order valence-electron chi connectivity index (χ4n) is 4.85. The fourth-order valence-corrected chi connectivity index (χ4v) is 4.85. The number of hydrogen-bond acceptors (Lipinski definition) is 5. The minimum Gasteiger partial charge on any atom is -0.497 e. The van der Waals surface area contributed by atoms with Crippen molar-refractivity contribution in [1.29, 1.82) is 0 Å². The number of anilines is 2. The first-order chi connectivity index (χ1) is 14.0. The van der Waals surface area contributed by atoms with Crippen molar-refractivity contribution in [3.63, 3.8) is 0 Å². The number of nitrogens with zero attached hydrogens (tertiary/aromatic N) is 2. The minimum atomic E-state index is -0.324. The molecule has 0 bridgehead atoms. The van der Waals surface area contributed by atoms with E-state index in [4.69, 9.17) is 9.47 Å². The highest BCUT2D eigenvalue weighted by atomic mass is 16.5. The van der Waals surface area contributed by atoms with E-state index in [2.05, 4.69) is 41.0 Å². The highest BCUT2D eigenvalue weighted by Crippen LogP contribution is 2.42. The molecule has 1 aliphatic carbocycles. The minimum absolute atomic E-state index is 0.324. The zero-order valence-electron chi connectivity index (χ0n) is 17.6. The first kappa shape index (κ1) is 19.6. The topological polar surface area (TPSA) is 42.0 Å². The molecule has 1 saturated heterocycles. The Balaban J connectivity index is 1.68. The number of methoxy groups -OCH3 is 2. The third-order valence-electron chi connectivity index (χ3n) is 6.40. The van der Waals surface area contributed by atoms with Crippen molar-refractivity contribution >= 4 is 17.2 Å². The average molecular weight is 395 g/mol. The molecule has 2 aliphatic rings. The van der Waals surface area contributed by atoms with E-state index in [-0.39, 0.29) is 5.41 Å². The van der Waals surface area contributed by atoms with Gasteiger partial charge in [-0.15, -0.1) is 0 Å². The van der Waals surface area contributed by atoms with E-state index in [9.17, 15) is 4.79 Å². The Morgan fingerprint density at radius 3 is 1.79 bits per heavy atom. The van der Waals surface area contributed by atoms with Gasteiger partial charge in [-0.25, -0.2) is 0 Å². The van der Waals surface area contributed by atoms with Gasteiger partial charge in [-0.05, 0) is 67.3 Å². The van der Waals surface area contributed by atoms with E-state index in [1.807, 2.05) is 24.3 Å². The molecule has 1 unspecified atom stereocenters. The molecule has 1 saturated carbocycles. The zero-order chi connectivity index (χ0) is 20.4. The van der Waals surface area contributed by atoms with Crippen LogP contribution in [0.4, 0.5) is 11.4 Å². The zero-order valence-corrected chi connectivity index (χ0v) is 17.6. The van der Waals surface area contributed by atoms with Crippen molar-refractivity contribution in [3.05, 3.63) is 48.5 Å². The van der Waals surface area contributed by atoms with Crippen molar-refractivity contribution in [1.82, 2.24) is 0 Å². The number of hydrogen-bond donors (Lipinski definition) is 0. The lowest BCUT2D eigenvalue weighted by Crippen LogP contribution is -2.60. The maximum Gasteiger partial charge on any atom is 0.142 e. The van der Waals surface area contributed by atoms with Crippen LogP contribution < -0.4 is 19.3 Å². The van der Waals surface area contributed by atoms with Gasteiger partial charge in [0.05, 0.1) is 26.3 Å². The van der Waals surface area contributed by atoms with Crippen molar-refractivity contribution < 1.29 is 14.3 Å². The Hall–Kier alpha value is -2.69. The van der Waals surface area contributed by atoms with E-state index < -0.39 is 0 Å². The molecule has 1 aliphatic heterocycles. The van der Waals surface area contributed by atoms with Gasteiger partial charge < -0.3 is 19.3 Å². The van der Waals surface area contributed by atoms with Gasteiger partial charge in [0.1, 0.15) is 17.3 Å². The molecule has 2 fully saturated rings. The van der Waals surface area contributed by atoms with Gasteiger partial charge in [0, 0.05) is 30.9 Å². The number of ether oxygens (including phenoxy) is 2. The largest absolute Gasteiger partial charge is 0.497 e. The fraction of sp³-hybridized carbons (Fsp3) is 0.458. The Labute approximate surface area is 173 Å². The quantitative estimate of drug-likeness (QED) is 0.771. The van der Waals surface area contributed by atoms with Gasteiger partial charge in [0.2, 0.25) is 0 Å². The summed E-state index contributed by atoms with van der Waals surface area (Å²) in [7, 11) is 3.36. The van der Waals surface area contributed by atoms with Gasteiger partial charge in [-0.3, -0.25) is 4.79 Å². The summed E-state index contributed by atoms with van der Waals surface area (Å²) in [5.74, 6) is 2.67. The van der Waals surface area contributed by atoms with Crippen LogP contribution >= 0.6 is 0 Å². The van der Waals surface area contributed by atoms with Crippen LogP contribution in [0.3, 0.4) is 0 Å². The average Bonchev–Trinajstić information content (AvgIpc) is 2.76. The van der Waals surface area contributed by atoms with Crippen LogP contribution in [0.25, 0.3) is 0 Å². The van der Waals surface area contributed by atoms with Gasteiger partial charge >= 0.3 is 0 Å². The molecule has 5 nitrogen and oxygen atoms in total. The maximum absolute atomic E-state index is 13.2. The molecule has 2 aromatic rings. The summed E-state index contributed by atoms with van der Waals surface area (Å²) in [6.07, 6.45) is 2.64. The highest BCUT2D eigenvalue weighted by Gasteiger charge is 2.47. The summed E-state index contributed by atoms with van der Waals surface area (Å²) in [4.78, 5) is 17.9. The normalized spacial score (nSPS) is 21.3. The second-order valence-corrected chi connectivity index (χ2v) is 8.48. The highest BCUT2D eigenvalue weighted by molar-refractivity contribution is 5.87. The molecule has 2 aromatic carbocycles. The van der Waals surface area contributed by atoms with E-state index in [0.717, 1.165) is 55.5 Å². The van der Waals surface area contributed by atoms with Crippen LogP contribution in [0.5, 0.6) is 11.5 Å². The van der Waals surface area contributed by atoms with E-state index >= 15 is 0 Å². The third kappa shape index (κ3) is 3.91. The lowest BCUT2D eigenvalue weighted by molar-refractivity contribution is -0.132.